The summed E-state index contributed by atoms with van der Waals surface area (Å²) < 4.78 is 5.22. The van der Waals surface area contributed by atoms with Gasteiger partial charge in [-0.1, -0.05) is 17.7 Å². The molecule has 0 saturated heterocycles. The number of hydrogen-bond donors (Lipinski definition) is 1. The fourth-order valence-corrected chi connectivity index (χ4v) is 1.89. The molecule has 1 aromatic carbocycles. The summed E-state index contributed by atoms with van der Waals surface area (Å²) in [7, 11) is 1.52. The van der Waals surface area contributed by atoms with Crippen molar-refractivity contribution < 1.29 is 9.53 Å². The van der Waals surface area contributed by atoms with Crippen LogP contribution in [0.2, 0.25) is 5.02 Å². The molecule has 0 amide bonds. The van der Waals surface area contributed by atoms with Crippen LogP contribution in [0, 0.1) is 13.8 Å². The van der Waals surface area contributed by atoms with Crippen molar-refractivity contribution in [3.05, 3.63) is 27.8 Å². The van der Waals surface area contributed by atoms with Gasteiger partial charge in [0.25, 0.3) is 0 Å². The third-order valence-electron chi connectivity index (χ3n) is 2.45. The van der Waals surface area contributed by atoms with Crippen molar-refractivity contribution in [2.75, 3.05) is 7.11 Å². The highest BCUT2D eigenvalue weighted by atomic mass is 35.5. The van der Waals surface area contributed by atoms with Crippen LogP contribution in [0.3, 0.4) is 0 Å². The molecule has 0 radical (unpaired) electrons. The summed E-state index contributed by atoms with van der Waals surface area (Å²) in [5, 5.41) is 0.421. The summed E-state index contributed by atoms with van der Waals surface area (Å²) in [6, 6.07) is 1.30. The molecule has 4 heteroatoms. The SMILES string of the molecule is COc1c(C)cc(C)c(Cl)c1C(=O)C(C)N. The predicted octanol–water partition coefficient (Wildman–Crippen LogP) is 2.50. The van der Waals surface area contributed by atoms with Crippen molar-refractivity contribution in [2.45, 2.75) is 26.8 Å². The summed E-state index contributed by atoms with van der Waals surface area (Å²) in [6.45, 7) is 5.36. The topological polar surface area (TPSA) is 52.3 Å². The molecule has 1 rings (SSSR count). The second kappa shape index (κ2) is 4.85. The number of Topliss-reactive ketones (excluding diaryl/α,β-unsaturated/α-hetero) is 1. The Morgan fingerprint density at radius 2 is 2.00 bits per heavy atom. The van der Waals surface area contributed by atoms with Crippen LogP contribution < -0.4 is 10.5 Å². The number of ketones is 1. The minimum atomic E-state index is -0.590. The third-order valence-corrected chi connectivity index (χ3v) is 2.94. The number of rotatable bonds is 3. The van der Waals surface area contributed by atoms with Gasteiger partial charge < -0.3 is 10.5 Å². The quantitative estimate of drug-likeness (QED) is 0.828. The van der Waals surface area contributed by atoms with Gasteiger partial charge in [-0.3, -0.25) is 4.79 Å². The molecule has 1 unspecified atom stereocenters. The first-order chi connectivity index (χ1) is 7.40. The lowest BCUT2D eigenvalue weighted by atomic mass is 9.99. The van der Waals surface area contributed by atoms with Gasteiger partial charge in [0.15, 0.2) is 5.78 Å². The second-order valence-corrected chi connectivity index (χ2v) is 4.26. The highest BCUT2D eigenvalue weighted by molar-refractivity contribution is 6.35. The lowest BCUT2D eigenvalue weighted by Crippen LogP contribution is -2.27. The van der Waals surface area contributed by atoms with Gasteiger partial charge >= 0.3 is 0 Å². The molecule has 0 heterocycles. The molecule has 2 N–H and O–H groups in total. The molecule has 0 saturated carbocycles. The number of nitrogens with two attached hydrogens (primary N) is 1. The maximum Gasteiger partial charge on any atom is 0.184 e. The summed E-state index contributed by atoms with van der Waals surface area (Å²) >= 11 is 6.13. The zero-order valence-electron chi connectivity index (χ0n) is 9.93. The number of carbonyl (C=O) groups is 1. The summed E-state index contributed by atoms with van der Waals surface area (Å²) in [4.78, 5) is 12.0. The number of methoxy groups -OCH3 is 1. The van der Waals surface area contributed by atoms with E-state index in [4.69, 9.17) is 22.1 Å². The van der Waals surface area contributed by atoms with Gasteiger partial charge in [0.1, 0.15) is 5.75 Å². The maximum absolute atomic E-state index is 12.0. The molecule has 0 aliphatic rings. The molecular formula is C12H16ClNO2. The van der Waals surface area contributed by atoms with Gasteiger partial charge in [0, 0.05) is 0 Å². The normalized spacial score (nSPS) is 12.4. The number of aryl methyl sites for hydroxylation is 2. The van der Waals surface area contributed by atoms with Crippen LogP contribution in [0.1, 0.15) is 28.4 Å². The molecule has 88 valence electrons. The molecule has 0 spiro atoms. The van der Waals surface area contributed by atoms with E-state index < -0.39 is 6.04 Å². The number of halogens is 1. The van der Waals surface area contributed by atoms with Gasteiger partial charge in [0.2, 0.25) is 0 Å². The van der Waals surface area contributed by atoms with E-state index in [9.17, 15) is 4.79 Å². The molecule has 16 heavy (non-hydrogen) atoms. The molecule has 0 aliphatic heterocycles. The van der Waals surface area contributed by atoms with Crippen molar-refractivity contribution in [1.29, 1.82) is 0 Å². The Hall–Kier alpha value is -1.06. The van der Waals surface area contributed by atoms with E-state index >= 15 is 0 Å². The van der Waals surface area contributed by atoms with Crippen molar-refractivity contribution in [2.24, 2.45) is 5.73 Å². The summed E-state index contributed by atoms with van der Waals surface area (Å²) in [5.74, 6) is 0.312. The zero-order valence-corrected chi connectivity index (χ0v) is 10.7. The van der Waals surface area contributed by atoms with Crippen LogP contribution in [-0.4, -0.2) is 18.9 Å². The number of hydrogen-bond acceptors (Lipinski definition) is 3. The lowest BCUT2D eigenvalue weighted by molar-refractivity contribution is 0.0965. The van der Waals surface area contributed by atoms with Crippen LogP contribution in [0.25, 0.3) is 0 Å². The van der Waals surface area contributed by atoms with E-state index in [-0.39, 0.29) is 5.78 Å². The highest BCUT2D eigenvalue weighted by Gasteiger charge is 2.22. The maximum atomic E-state index is 12.0. The minimum Gasteiger partial charge on any atom is -0.496 e. The first-order valence-electron chi connectivity index (χ1n) is 5.03. The average molecular weight is 242 g/mol. The van der Waals surface area contributed by atoms with Crippen LogP contribution >= 0.6 is 11.6 Å². The smallest absolute Gasteiger partial charge is 0.184 e. The Kier molecular flexibility index (Phi) is 3.94. The van der Waals surface area contributed by atoms with Crippen LogP contribution in [0.15, 0.2) is 6.07 Å². The van der Waals surface area contributed by atoms with Gasteiger partial charge in [0.05, 0.1) is 23.7 Å². The zero-order chi connectivity index (χ0) is 12.5. The average Bonchev–Trinajstić information content (AvgIpc) is 2.21. The van der Waals surface area contributed by atoms with Gasteiger partial charge in [-0.15, -0.1) is 0 Å². The van der Waals surface area contributed by atoms with E-state index in [2.05, 4.69) is 0 Å². The number of ether oxygens (including phenoxy) is 1. The predicted molar refractivity (Wildman–Crippen MR) is 65.5 cm³/mol. The van der Waals surface area contributed by atoms with Crippen LogP contribution in [0.4, 0.5) is 0 Å². The Morgan fingerprint density at radius 3 is 2.44 bits per heavy atom. The number of carbonyl (C=O) groups excluding carboxylic acids is 1. The third kappa shape index (κ3) is 2.20. The molecule has 0 aliphatic carbocycles. The van der Waals surface area contributed by atoms with Crippen LogP contribution in [0.5, 0.6) is 5.75 Å². The fraction of sp³-hybridized carbons (Fsp3) is 0.417. The first-order valence-corrected chi connectivity index (χ1v) is 5.41. The highest BCUT2D eigenvalue weighted by Crippen LogP contribution is 2.33. The van der Waals surface area contributed by atoms with E-state index in [1.807, 2.05) is 19.9 Å². The second-order valence-electron chi connectivity index (χ2n) is 3.89. The summed E-state index contributed by atoms with van der Waals surface area (Å²) in [6.07, 6.45) is 0. The molecule has 3 nitrogen and oxygen atoms in total. The first kappa shape index (κ1) is 13.0. The lowest BCUT2D eigenvalue weighted by Gasteiger charge is -2.15. The fourth-order valence-electron chi connectivity index (χ4n) is 1.66. The molecule has 1 atom stereocenters. The Bertz CT molecular complexity index is 428. The van der Waals surface area contributed by atoms with Gasteiger partial charge in [-0.05, 0) is 31.9 Å². The molecular weight excluding hydrogens is 226 g/mol. The molecule has 0 fully saturated rings. The van der Waals surface area contributed by atoms with Crippen molar-refractivity contribution in [3.63, 3.8) is 0 Å². The Labute approximate surface area is 101 Å². The molecule has 0 bridgehead atoms. The Morgan fingerprint density at radius 1 is 1.44 bits per heavy atom. The van der Waals surface area contributed by atoms with Crippen LogP contribution in [-0.2, 0) is 0 Å². The standard InChI is InChI=1S/C12H16ClNO2/c1-6-5-7(2)12(16-4)9(10(6)13)11(15)8(3)14/h5,8H,14H2,1-4H3. The van der Waals surface area contributed by atoms with E-state index in [1.165, 1.54) is 7.11 Å². The van der Waals surface area contributed by atoms with Crippen molar-refractivity contribution >= 4 is 17.4 Å². The molecule has 1 aromatic rings. The largest absolute Gasteiger partial charge is 0.496 e. The minimum absolute atomic E-state index is 0.200. The van der Waals surface area contributed by atoms with Gasteiger partial charge in [-0.2, -0.15) is 0 Å². The van der Waals surface area contributed by atoms with E-state index in [0.717, 1.165) is 11.1 Å². The molecule has 0 aromatic heterocycles. The van der Waals surface area contributed by atoms with Crippen molar-refractivity contribution in [3.8, 4) is 5.75 Å². The Balaban J connectivity index is 3.51. The number of benzene rings is 1. The van der Waals surface area contributed by atoms with Crippen molar-refractivity contribution in [1.82, 2.24) is 0 Å². The summed E-state index contributed by atoms with van der Waals surface area (Å²) in [5.41, 5.74) is 7.72. The monoisotopic (exact) mass is 241 g/mol. The van der Waals surface area contributed by atoms with Gasteiger partial charge in [-0.25, -0.2) is 0 Å². The van der Waals surface area contributed by atoms with E-state index in [1.54, 1.807) is 6.92 Å². The van der Waals surface area contributed by atoms with E-state index in [0.29, 0.717) is 16.3 Å².